The van der Waals surface area contributed by atoms with Crippen LogP contribution >= 0.6 is 15.9 Å². The van der Waals surface area contributed by atoms with E-state index in [0.717, 1.165) is 28.8 Å². The molecule has 0 aliphatic carbocycles. The van der Waals surface area contributed by atoms with Crippen molar-refractivity contribution in [2.24, 2.45) is 11.7 Å². The second-order valence-electron chi connectivity index (χ2n) is 4.09. The normalized spacial score (nSPS) is 12.2. The molecule has 94 valence electrons. The van der Waals surface area contributed by atoms with E-state index in [1.54, 1.807) is 0 Å². The molecule has 0 aliphatic rings. The molecule has 1 heterocycles. The average Bonchev–Trinajstić information content (AvgIpc) is 2.29. The van der Waals surface area contributed by atoms with Gasteiger partial charge in [0.1, 0.15) is 4.60 Å². The van der Waals surface area contributed by atoms with Crippen LogP contribution in [0.5, 0.6) is 0 Å². The number of rotatable bonds is 5. The number of anilines is 1. The van der Waals surface area contributed by atoms with Crippen LogP contribution in [0.2, 0.25) is 0 Å². The molecule has 1 amide bonds. The molecule has 1 unspecified atom stereocenters. The Labute approximate surface area is 110 Å². The first-order valence-electron chi connectivity index (χ1n) is 5.68. The number of hydrogen-bond acceptors (Lipinski definition) is 3. The van der Waals surface area contributed by atoms with E-state index in [0.29, 0.717) is 6.54 Å². The van der Waals surface area contributed by atoms with Crippen molar-refractivity contribution in [3.8, 4) is 0 Å². The minimum absolute atomic E-state index is 0.0191. The van der Waals surface area contributed by atoms with Crippen molar-refractivity contribution in [1.82, 2.24) is 4.98 Å². The number of nitrogens with two attached hydrogens (primary N) is 1. The van der Waals surface area contributed by atoms with E-state index in [-0.39, 0.29) is 11.8 Å². The zero-order valence-electron chi connectivity index (χ0n) is 10.2. The van der Waals surface area contributed by atoms with Crippen molar-refractivity contribution in [2.75, 3.05) is 11.9 Å². The minimum atomic E-state index is -0.0263. The van der Waals surface area contributed by atoms with Crippen molar-refractivity contribution < 1.29 is 4.79 Å². The van der Waals surface area contributed by atoms with E-state index in [9.17, 15) is 4.79 Å². The second kappa shape index (κ2) is 6.71. The van der Waals surface area contributed by atoms with Crippen LogP contribution in [-0.4, -0.2) is 17.4 Å². The van der Waals surface area contributed by atoms with Gasteiger partial charge in [-0.05, 0) is 54.4 Å². The number of halogens is 1. The number of aromatic nitrogens is 1. The Morgan fingerprint density at radius 1 is 1.59 bits per heavy atom. The van der Waals surface area contributed by atoms with Gasteiger partial charge in [-0.25, -0.2) is 4.98 Å². The van der Waals surface area contributed by atoms with Crippen molar-refractivity contribution >= 4 is 27.5 Å². The first-order valence-corrected chi connectivity index (χ1v) is 6.48. The smallest absolute Gasteiger partial charge is 0.227 e. The number of nitrogens with zero attached hydrogens (tertiary/aromatic N) is 1. The Hall–Kier alpha value is -0.940. The summed E-state index contributed by atoms with van der Waals surface area (Å²) in [6.07, 6.45) is 1.68. The van der Waals surface area contributed by atoms with E-state index < -0.39 is 0 Å². The lowest BCUT2D eigenvalue weighted by atomic mass is 10.0. The summed E-state index contributed by atoms with van der Waals surface area (Å²) in [4.78, 5) is 16.1. The molecule has 0 saturated heterocycles. The molecule has 0 aromatic carbocycles. The summed E-state index contributed by atoms with van der Waals surface area (Å²) < 4.78 is 0.768. The highest BCUT2D eigenvalue weighted by atomic mass is 79.9. The fourth-order valence-electron chi connectivity index (χ4n) is 1.47. The Morgan fingerprint density at radius 3 is 2.88 bits per heavy atom. The second-order valence-corrected chi connectivity index (χ2v) is 4.90. The molecule has 0 spiro atoms. The predicted molar refractivity (Wildman–Crippen MR) is 72.8 cm³/mol. The van der Waals surface area contributed by atoms with E-state index in [1.165, 1.54) is 0 Å². The van der Waals surface area contributed by atoms with Crippen LogP contribution in [0, 0.1) is 12.8 Å². The highest BCUT2D eigenvalue weighted by Gasteiger charge is 2.13. The summed E-state index contributed by atoms with van der Waals surface area (Å²) in [6, 6.07) is 3.66. The quantitative estimate of drug-likeness (QED) is 0.821. The molecule has 1 aromatic heterocycles. The van der Waals surface area contributed by atoms with E-state index >= 15 is 0 Å². The van der Waals surface area contributed by atoms with Gasteiger partial charge in [0, 0.05) is 5.92 Å². The topological polar surface area (TPSA) is 68.0 Å². The zero-order valence-corrected chi connectivity index (χ0v) is 11.8. The van der Waals surface area contributed by atoms with Gasteiger partial charge in [0.2, 0.25) is 5.91 Å². The number of nitrogens with one attached hydrogen (secondary N) is 1. The largest absolute Gasteiger partial charge is 0.330 e. The summed E-state index contributed by atoms with van der Waals surface area (Å²) in [6.45, 7) is 4.40. The van der Waals surface area contributed by atoms with Gasteiger partial charge < -0.3 is 11.1 Å². The Kier molecular flexibility index (Phi) is 5.58. The minimum Gasteiger partial charge on any atom is -0.330 e. The first kappa shape index (κ1) is 14.1. The highest BCUT2D eigenvalue weighted by molar-refractivity contribution is 9.10. The van der Waals surface area contributed by atoms with Gasteiger partial charge in [-0.3, -0.25) is 4.79 Å². The summed E-state index contributed by atoms with van der Waals surface area (Å²) in [5.74, 6) is -0.00716. The molecule has 3 N–H and O–H groups in total. The number of carbonyl (C=O) groups excluding carboxylic acids is 1. The number of hydrogen-bond donors (Lipinski definition) is 2. The summed E-state index contributed by atoms with van der Waals surface area (Å²) in [5, 5.41) is 2.88. The third-order valence-corrected chi connectivity index (χ3v) is 3.04. The summed E-state index contributed by atoms with van der Waals surface area (Å²) in [7, 11) is 0. The summed E-state index contributed by atoms with van der Waals surface area (Å²) in [5.41, 5.74) is 6.99. The zero-order chi connectivity index (χ0) is 12.8. The highest BCUT2D eigenvalue weighted by Crippen LogP contribution is 2.17. The average molecular weight is 300 g/mol. The molecule has 1 atom stereocenters. The van der Waals surface area contributed by atoms with E-state index in [2.05, 4.69) is 26.2 Å². The van der Waals surface area contributed by atoms with E-state index in [4.69, 9.17) is 5.73 Å². The summed E-state index contributed by atoms with van der Waals surface area (Å²) >= 11 is 3.29. The molecular formula is C12H18BrN3O. The maximum atomic E-state index is 11.9. The maximum Gasteiger partial charge on any atom is 0.227 e. The van der Waals surface area contributed by atoms with Gasteiger partial charge >= 0.3 is 0 Å². The van der Waals surface area contributed by atoms with Crippen LogP contribution in [0.25, 0.3) is 0 Å². The fourth-order valence-corrected chi connectivity index (χ4v) is 1.87. The van der Waals surface area contributed by atoms with Crippen LogP contribution < -0.4 is 11.1 Å². The van der Waals surface area contributed by atoms with Crippen LogP contribution in [0.4, 0.5) is 5.69 Å². The van der Waals surface area contributed by atoms with Gasteiger partial charge in [-0.1, -0.05) is 6.92 Å². The van der Waals surface area contributed by atoms with Gasteiger partial charge in [0.25, 0.3) is 0 Å². The fraction of sp³-hybridized carbons (Fsp3) is 0.500. The van der Waals surface area contributed by atoms with Crippen molar-refractivity contribution in [1.29, 1.82) is 0 Å². The van der Waals surface area contributed by atoms with Crippen LogP contribution in [0.3, 0.4) is 0 Å². The third kappa shape index (κ3) is 4.44. The molecule has 1 aromatic rings. The van der Waals surface area contributed by atoms with Crippen molar-refractivity contribution in [2.45, 2.75) is 26.7 Å². The third-order valence-electron chi connectivity index (χ3n) is 2.60. The molecule has 0 saturated carbocycles. The van der Waals surface area contributed by atoms with Gasteiger partial charge in [-0.15, -0.1) is 0 Å². The van der Waals surface area contributed by atoms with Gasteiger partial charge in [-0.2, -0.15) is 0 Å². The molecule has 0 fully saturated rings. The lowest BCUT2D eigenvalue weighted by molar-refractivity contribution is -0.119. The van der Waals surface area contributed by atoms with Crippen LogP contribution in [-0.2, 0) is 4.79 Å². The maximum absolute atomic E-state index is 11.9. The number of aryl methyl sites for hydroxylation is 1. The molecule has 4 nitrogen and oxygen atoms in total. The lowest BCUT2D eigenvalue weighted by Crippen LogP contribution is -2.21. The van der Waals surface area contributed by atoms with Crippen LogP contribution in [0.1, 0.15) is 25.5 Å². The standard InChI is InChI=1S/C12H18BrN3O/c1-8(4-3-7-14)12(17)16-10-5-6-11(13)15-9(10)2/h5-6,8H,3-4,7,14H2,1-2H3,(H,16,17). The monoisotopic (exact) mass is 299 g/mol. The molecule has 0 bridgehead atoms. The van der Waals surface area contributed by atoms with Gasteiger partial charge in [0.15, 0.2) is 0 Å². The Morgan fingerprint density at radius 2 is 2.29 bits per heavy atom. The molecule has 0 aliphatic heterocycles. The van der Waals surface area contributed by atoms with Crippen molar-refractivity contribution in [3.05, 3.63) is 22.4 Å². The number of amides is 1. The number of carbonyl (C=O) groups is 1. The van der Waals surface area contributed by atoms with Crippen LogP contribution in [0.15, 0.2) is 16.7 Å². The predicted octanol–water partition coefficient (Wildman–Crippen LogP) is 2.47. The van der Waals surface area contributed by atoms with E-state index in [1.807, 2.05) is 26.0 Å². The molecule has 17 heavy (non-hydrogen) atoms. The first-order chi connectivity index (χ1) is 8.04. The number of pyridine rings is 1. The lowest BCUT2D eigenvalue weighted by Gasteiger charge is -2.13. The van der Waals surface area contributed by atoms with Crippen molar-refractivity contribution in [3.63, 3.8) is 0 Å². The Balaban J connectivity index is 2.61. The Bertz CT molecular complexity index is 395. The molecular weight excluding hydrogens is 282 g/mol. The van der Waals surface area contributed by atoms with Gasteiger partial charge in [0.05, 0.1) is 11.4 Å². The molecule has 1 rings (SSSR count). The molecule has 0 radical (unpaired) electrons. The molecule has 5 heteroatoms. The SMILES string of the molecule is Cc1nc(Br)ccc1NC(=O)C(C)CCCN.